The predicted molar refractivity (Wildman–Crippen MR) is 91.3 cm³/mol. The van der Waals surface area contributed by atoms with Gasteiger partial charge in [0.15, 0.2) is 0 Å². The van der Waals surface area contributed by atoms with E-state index in [1.54, 1.807) is 0 Å². The average Bonchev–Trinajstić information content (AvgIpc) is 2.99. The normalized spacial score (nSPS) is 16.2. The van der Waals surface area contributed by atoms with E-state index in [4.69, 9.17) is 0 Å². The number of nitrogens with zero attached hydrogens (tertiary/aromatic N) is 1. The number of rotatable bonds is 8. The topological polar surface area (TPSA) is 15.3 Å². The average molecular weight is 288 g/mol. The minimum absolute atomic E-state index is 0.742. The third kappa shape index (κ3) is 5.12. The van der Waals surface area contributed by atoms with Crippen LogP contribution in [0.25, 0.3) is 0 Å². The summed E-state index contributed by atoms with van der Waals surface area (Å²) in [6.45, 7) is 11.2. The summed E-state index contributed by atoms with van der Waals surface area (Å²) in [5.74, 6) is 0.742. The Morgan fingerprint density at radius 3 is 2.43 bits per heavy atom. The lowest BCUT2D eigenvalue weighted by Gasteiger charge is -2.31. The van der Waals surface area contributed by atoms with Gasteiger partial charge in [0.1, 0.15) is 0 Å². The van der Waals surface area contributed by atoms with Crippen LogP contribution in [0.2, 0.25) is 0 Å². The molecule has 1 saturated carbocycles. The van der Waals surface area contributed by atoms with Gasteiger partial charge in [0, 0.05) is 25.7 Å². The number of hydrogen-bond donors (Lipinski definition) is 1. The molecule has 1 aliphatic rings. The Kier molecular flexibility index (Phi) is 6.72. The van der Waals surface area contributed by atoms with E-state index in [0.717, 1.165) is 31.6 Å². The second kappa shape index (κ2) is 8.55. The maximum atomic E-state index is 3.47. The standard InChI is InChI=1S/C19H32N2/c1-4-20-13-17-9-5-6-10-18(17)15-21(14-16(2)3)19-11-7-8-12-19/h5-6,9-10,16,19-20H,4,7-8,11-15H2,1-3H3. The summed E-state index contributed by atoms with van der Waals surface area (Å²) >= 11 is 0. The lowest BCUT2D eigenvalue weighted by molar-refractivity contribution is 0.168. The third-order valence-corrected chi connectivity index (χ3v) is 4.50. The highest BCUT2D eigenvalue weighted by Gasteiger charge is 2.23. The molecule has 0 atom stereocenters. The highest BCUT2D eigenvalue weighted by atomic mass is 15.2. The smallest absolute Gasteiger partial charge is 0.0240 e. The first kappa shape index (κ1) is 16.5. The van der Waals surface area contributed by atoms with Crippen LogP contribution in [0.1, 0.15) is 57.6 Å². The summed E-state index contributed by atoms with van der Waals surface area (Å²) in [5, 5.41) is 3.47. The SMILES string of the molecule is CCNCc1ccccc1CN(CC(C)C)C1CCCC1. The van der Waals surface area contributed by atoms with Crippen LogP contribution in [0.5, 0.6) is 0 Å². The van der Waals surface area contributed by atoms with Gasteiger partial charge in [0.25, 0.3) is 0 Å². The van der Waals surface area contributed by atoms with E-state index in [9.17, 15) is 0 Å². The molecular formula is C19H32N2. The van der Waals surface area contributed by atoms with E-state index in [0.29, 0.717) is 0 Å². The van der Waals surface area contributed by atoms with Crippen LogP contribution in [0.3, 0.4) is 0 Å². The molecule has 21 heavy (non-hydrogen) atoms. The molecule has 1 aromatic carbocycles. The van der Waals surface area contributed by atoms with Crippen molar-refractivity contribution in [1.29, 1.82) is 0 Å². The monoisotopic (exact) mass is 288 g/mol. The molecule has 0 bridgehead atoms. The molecule has 2 heteroatoms. The van der Waals surface area contributed by atoms with Gasteiger partial charge in [-0.1, -0.05) is 57.9 Å². The first-order valence-corrected chi connectivity index (χ1v) is 8.72. The van der Waals surface area contributed by atoms with Crippen molar-refractivity contribution in [3.05, 3.63) is 35.4 Å². The maximum absolute atomic E-state index is 3.47. The maximum Gasteiger partial charge on any atom is 0.0240 e. The zero-order valence-corrected chi connectivity index (χ0v) is 14.1. The Morgan fingerprint density at radius 1 is 1.14 bits per heavy atom. The lowest BCUT2D eigenvalue weighted by Crippen LogP contribution is -2.36. The molecule has 1 N–H and O–H groups in total. The van der Waals surface area contributed by atoms with Gasteiger partial charge >= 0.3 is 0 Å². The van der Waals surface area contributed by atoms with Crippen molar-refractivity contribution in [2.24, 2.45) is 5.92 Å². The first-order valence-electron chi connectivity index (χ1n) is 8.72. The number of hydrogen-bond acceptors (Lipinski definition) is 2. The van der Waals surface area contributed by atoms with Gasteiger partial charge in [-0.25, -0.2) is 0 Å². The summed E-state index contributed by atoms with van der Waals surface area (Å²) in [4.78, 5) is 2.74. The molecule has 0 aliphatic heterocycles. The Morgan fingerprint density at radius 2 is 1.81 bits per heavy atom. The Hall–Kier alpha value is -0.860. The van der Waals surface area contributed by atoms with Crippen LogP contribution in [-0.2, 0) is 13.1 Å². The van der Waals surface area contributed by atoms with Gasteiger partial charge in [0.05, 0.1) is 0 Å². The van der Waals surface area contributed by atoms with Crippen molar-refractivity contribution in [2.45, 2.75) is 65.6 Å². The van der Waals surface area contributed by atoms with Crippen LogP contribution >= 0.6 is 0 Å². The summed E-state index contributed by atoms with van der Waals surface area (Å²) < 4.78 is 0. The lowest BCUT2D eigenvalue weighted by atomic mass is 10.0. The van der Waals surface area contributed by atoms with E-state index in [1.807, 2.05) is 0 Å². The molecule has 0 aromatic heterocycles. The minimum atomic E-state index is 0.742. The van der Waals surface area contributed by atoms with Crippen molar-refractivity contribution in [3.63, 3.8) is 0 Å². The predicted octanol–water partition coefficient (Wildman–Crippen LogP) is 4.20. The van der Waals surface area contributed by atoms with Gasteiger partial charge in [-0.3, -0.25) is 4.90 Å². The molecule has 0 unspecified atom stereocenters. The molecule has 1 aromatic rings. The van der Waals surface area contributed by atoms with Crippen molar-refractivity contribution >= 4 is 0 Å². The van der Waals surface area contributed by atoms with Gasteiger partial charge in [-0.05, 0) is 36.4 Å². The largest absolute Gasteiger partial charge is 0.313 e. The highest BCUT2D eigenvalue weighted by molar-refractivity contribution is 5.27. The Bertz CT molecular complexity index is 408. The van der Waals surface area contributed by atoms with Crippen LogP contribution in [0, 0.1) is 5.92 Å². The Labute approximate surface area is 130 Å². The second-order valence-electron chi connectivity index (χ2n) is 6.81. The zero-order chi connectivity index (χ0) is 15.1. The Balaban J connectivity index is 2.07. The third-order valence-electron chi connectivity index (χ3n) is 4.50. The molecule has 0 saturated heterocycles. The highest BCUT2D eigenvalue weighted by Crippen LogP contribution is 2.26. The fourth-order valence-corrected chi connectivity index (χ4v) is 3.44. The van der Waals surface area contributed by atoms with E-state index in [2.05, 4.69) is 55.3 Å². The van der Waals surface area contributed by atoms with Crippen molar-refractivity contribution in [2.75, 3.05) is 13.1 Å². The molecule has 118 valence electrons. The summed E-state index contributed by atoms with van der Waals surface area (Å²) in [6.07, 6.45) is 5.61. The summed E-state index contributed by atoms with van der Waals surface area (Å²) in [5.41, 5.74) is 2.97. The number of nitrogens with one attached hydrogen (secondary N) is 1. The molecule has 0 spiro atoms. The van der Waals surface area contributed by atoms with Crippen molar-refractivity contribution < 1.29 is 0 Å². The van der Waals surface area contributed by atoms with Gasteiger partial charge in [0.2, 0.25) is 0 Å². The van der Waals surface area contributed by atoms with E-state index in [1.165, 1.54) is 43.4 Å². The second-order valence-corrected chi connectivity index (χ2v) is 6.81. The van der Waals surface area contributed by atoms with Gasteiger partial charge in [-0.2, -0.15) is 0 Å². The van der Waals surface area contributed by atoms with E-state index >= 15 is 0 Å². The first-order chi connectivity index (χ1) is 10.2. The van der Waals surface area contributed by atoms with Crippen molar-refractivity contribution in [3.8, 4) is 0 Å². The van der Waals surface area contributed by atoms with Gasteiger partial charge < -0.3 is 5.32 Å². The van der Waals surface area contributed by atoms with E-state index in [-0.39, 0.29) is 0 Å². The molecule has 2 nitrogen and oxygen atoms in total. The molecule has 0 heterocycles. The van der Waals surface area contributed by atoms with Crippen molar-refractivity contribution in [1.82, 2.24) is 10.2 Å². The molecule has 0 amide bonds. The molecular weight excluding hydrogens is 256 g/mol. The van der Waals surface area contributed by atoms with E-state index < -0.39 is 0 Å². The molecule has 1 aliphatic carbocycles. The van der Waals surface area contributed by atoms with Crippen LogP contribution in [-0.4, -0.2) is 24.0 Å². The molecule has 1 fully saturated rings. The molecule has 2 rings (SSSR count). The quantitative estimate of drug-likeness (QED) is 0.771. The number of benzene rings is 1. The van der Waals surface area contributed by atoms with Gasteiger partial charge in [-0.15, -0.1) is 0 Å². The fourth-order valence-electron chi connectivity index (χ4n) is 3.44. The zero-order valence-electron chi connectivity index (χ0n) is 14.1. The van der Waals surface area contributed by atoms with Crippen LogP contribution in [0.4, 0.5) is 0 Å². The summed E-state index contributed by atoms with van der Waals surface area (Å²) in [6, 6.07) is 9.75. The molecule has 0 radical (unpaired) electrons. The van der Waals surface area contributed by atoms with Crippen LogP contribution in [0.15, 0.2) is 24.3 Å². The minimum Gasteiger partial charge on any atom is -0.313 e. The fraction of sp³-hybridized carbons (Fsp3) is 0.684. The summed E-state index contributed by atoms with van der Waals surface area (Å²) in [7, 11) is 0. The van der Waals surface area contributed by atoms with Crippen LogP contribution < -0.4 is 5.32 Å².